The van der Waals surface area contributed by atoms with Gasteiger partial charge in [-0.2, -0.15) is 0 Å². The maximum absolute atomic E-state index is 12.3. The minimum Gasteiger partial charge on any atom is -0.324 e. The van der Waals surface area contributed by atoms with Crippen molar-refractivity contribution in [3.8, 4) is 11.4 Å². The van der Waals surface area contributed by atoms with Gasteiger partial charge in [-0.25, -0.2) is 0 Å². The zero-order chi connectivity index (χ0) is 20.1. The van der Waals surface area contributed by atoms with E-state index in [0.29, 0.717) is 15.7 Å². The van der Waals surface area contributed by atoms with Gasteiger partial charge in [-0.1, -0.05) is 54.9 Å². The quantitative estimate of drug-likeness (QED) is 0.422. The predicted molar refractivity (Wildman–Crippen MR) is 119 cm³/mol. The number of amides is 1. The molecule has 0 aliphatic carbocycles. The fourth-order valence-electron chi connectivity index (χ4n) is 2.63. The van der Waals surface area contributed by atoms with Gasteiger partial charge in [0, 0.05) is 22.4 Å². The summed E-state index contributed by atoms with van der Waals surface area (Å²) in [6.45, 7) is 5.04. The van der Waals surface area contributed by atoms with Gasteiger partial charge in [0.1, 0.15) is 0 Å². The van der Waals surface area contributed by atoms with Crippen LogP contribution in [0.2, 0.25) is 10.0 Å². The number of anilines is 1. The van der Waals surface area contributed by atoms with Crippen molar-refractivity contribution in [3.05, 3.63) is 44.6 Å². The summed E-state index contributed by atoms with van der Waals surface area (Å²) < 4.78 is 2.08. The van der Waals surface area contributed by atoms with E-state index in [1.165, 1.54) is 16.6 Å². The largest absolute Gasteiger partial charge is 0.324 e. The maximum Gasteiger partial charge on any atom is 0.234 e. The number of rotatable bonds is 8. The number of nitrogens with one attached hydrogen (secondary N) is 1. The molecule has 0 fully saturated rings. The van der Waals surface area contributed by atoms with Crippen molar-refractivity contribution < 1.29 is 4.79 Å². The molecule has 148 valence electrons. The van der Waals surface area contributed by atoms with Crippen LogP contribution in [-0.2, 0) is 17.8 Å². The van der Waals surface area contributed by atoms with E-state index in [0.717, 1.165) is 35.9 Å². The standard InChI is InChI=1S/C19H20Cl2N4OS2/c1-3-8-25-18(12-9-13(4-2)27-10-12)23-24-19(25)28-11-16(26)22-15-7-5-6-14(20)17(15)21/h5-7,9-10H,3-4,8,11H2,1-2H3,(H,22,26). The normalized spacial score (nSPS) is 11.0. The van der Waals surface area contributed by atoms with Gasteiger partial charge in [0.25, 0.3) is 0 Å². The highest BCUT2D eigenvalue weighted by molar-refractivity contribution is 7.99. The Morgan fingerprint density at radius 1 is 1.29 bits per heavy atom. The minimum absolute atomic E-state index is 0.175. The second kappa shape index (κ2) is 9.78. The van der Waals surface area contributed by atoms with Gasteiger partial charge >= 0.3 is 0 Å². The van der Waals surface area contributed by atoms with Crippen molar-refractivity contribution in [1.82, 2.24) is 14.8 Å². The Morgan fingerprint density at radius 3 is 2.82 bits per heavy atom. The van der Waals surface area contributed by atoms with E-state index >= 15 is 0 Å². The third-order valence-corrected chi connectivity index (χ3v) is 6.85. The molecule has 2 aromatic heterocycles. The van der Waals surface area contributed by atoms with E-state index < -0.39 is 0 Å². The number of aryl methyl sites for hydroxylation is 1. The molecule has 2 heterocycles. The van der Waals surface area contributed by atoms with Crippen molar-refractivity contribution in [3.63, 3.8) is 0 Å². The number of aromatic nitrogens is 3. The Hall–Kier alpha value is -1.54. The van der Waals surface area contributed by atoms with E-state index in [-0.39, 0.29) is 11.7 Å². The summed E-state index contributed by atoms with van der Waals surface area (Å²) in [5.74, 6) is 0.873. The highest BCUT2D eigenvalue weighted by Crippen LogP contribution is 2.31. The molecule has 0 aliphatic heterocycles. The van der Waals surface area contributed by atoms with Gasteiger partial charge in [-0.05, 0) is 31.0 Å². The zero-order valence-electron chi connectivity index (χ0n) is 15.5. The molecule has 5 nitrogen and oxygen atoms in total. The average molecular weight is 455 g/mol. The lowest BCUT2D eigenvalue weighted by atomic mass is 10.2. The molecule has 9 heteroatoms. The molecule has 0 spiro atoms. The molecule has 0 saturated carbocycles. The van der Waals surface area contributed by atoms with Crippen LogP contribution in [0, 0.1) is 0 Å². The van der Waals surface area contributed by atoms with Crippen LogP contribution in [0.15, 0.2) is 34.8 Å². The Kier molecular flexibility index (Phi) is 7.40. The van der Waals surface area contributed by atoms with E-state index in [1.807, 2.05) is 0 Å². The van der Waals surface area contributed by atoms with Gasteiger partial charge < -0.3 is 9.88 Å². The Bertz CT molecular complexity index is 971. The highest BCUT2D eigenvalue weighted by Gasteiger charge is 2.17. The number of hydrogen-bond donors (Lipinski definition) is 1. The first-order chi connectivity index (χ1) is 13.5. The van der Waals surface area contributed by atoms with Crippen molar-refractivity contribution in [2.24, 2.45) is 0 Å². The van der Waals surface area contributed by atoms with Crippen molar-refractivity contribution in [2.45, 2.75) is 38.4 Å². The van der Waals surface area contributed by atoms with Crippen molar-refractivity contribution in [1.29, 1.82) is 0 Å². The number of thiophene rings is 1. The first-order valence-electron chi connectivity index (χ1n) is 8.91. The molecule has 1 amide bonds. The topological polar surface area (TPSA) is 59.8 Å². The summed E-state index contributed by atoms with van der Waals surface area (Å²) in [6.07, 6.45) is 1.95. The molecule has 3 rings (SSSR count). The smallest absolute Gasteiger partial charge is 0.234 e. The van der Waals surface area contributed by atoms with Crippen LogP contribution >= 0.6 is 46.3 Å². The average Bonchev–Trinajstić information content (AvgIpc) is 3.31. The molecule has 0 aliphatic rings. The second-order valence-corrected chi connectivity index (χ2v) is 8.77. The predicted octanol–water partition coefficient (Wildman–Crippen LogP) is 6.02. The molecule has 1 aromatic carbocycles. The lowest BCUT2D eigenvalue weighted by Crippen LogP contribution is -2.15. The number of carbonyl (C=O) groups excluding carboxylic acids is 1. The maximum atomic E-state index is 12.3. The van der Waals surface area contributed by atoms with Crippen LogP contribution < -0.4 is 5.32 Å². The van der Waals surface area contributed by atoms with Gasteiger partial charge in [0.05, 0.1) is 21.5 Å². The van der Waals surface area contributed by atoms with Crippen LogP contribution in [0.25, 0.3) is 11.4 Å². The summed E-state index contributed by atoms with van der Waals surface area (Å²) in [7, 11) is 0. The Balaban J connectivity index is 1.71. The molecule has 0 bridgehead atoms. The van der Waals surface area contributed by atoms with E-state index in [4.69, 9.17) is 23.2 Å². The number of nitrogens with zero attached hydrogens (tertiary/aromatic N) is 3. The molecule has 28 heavy (non-hydrogen) atoms. The molecule has 0 radical (unpaired) electrons. The molecule has 3 aromatic rings. The number of hydrogen-bond acceptors (Lipinski definition) is 5. The van der Waals surface area contributed by atoms with E-state index in [9.17, 15) is 4.79 Å². The number of thioether (sulfide) groups is 1. The molecule has 1 N–H and O–H groups in total. The monoisotopic (exact) mass is 454 g/mol. The van der Waals surface area contributed by atoms with Crippen LogP contribution in [0.5, 0.6) is 0 Å². The van der Waals surface area contributed by atoms with E-state index in [2.05, 4.69) is 45.4 Å². The SMILES string of the molecule is CCCn1c(SCC(=O)Nc2cccc(Cl)c2Cl)nnc1-c1csc(CC)c1. The van der Waals surface area contributed by atoms with Crippen LogP contribution in [-0.4, -0.2) is 26.4 Å². The molecular formula is C19H20Cl2N4OS2. The summed E-state index contributed by atoms with van der Waals surface area (Å²) in [5.41, 5.74) is 1.57. The first kappa shape index (κ1) is 21.2. The second-order valence-electron chi connectivity index (χ2n) is 6.05. The summed E-state index contributed by atoms with van der Waals surface area (Å²) >= 11 is 15.2. The summed E-state index contributed by atoms with van der Waals surface area (Å²) in [4.78, 5) is 13.7. The van der Waals surface area contributed by atoms with Crippen molar-refractivity contribution in [2.75, 3.05) is 11.1 Å². The highest BCUT2D eigenvalue weighted by atomic mass is 35.5. The van der Waals surface area contributed by atoms with Gasteiger partial charge in [0.15, 0.2) is 11.0 Å². The summed E-state index contributed by atoms with van der Waals surface area (Å²) in [6, 6.07) is 7.30. The zero-order valence-corrected chi connectivity index (χ0v) is 18.7. The Labute approximate surface area is 182 Å². The fourth-order valence-corrected chi connectivity index (χ4v) is 4.56. The molecular weight excluding hydrogens is 435 g/mol. The van der Waals surface area contributed by atoms with Crippen LogP contribution in [0.1, 0.15) is 25.1 Å². The third-order valence-electron chi connectivity index (χ3n) is 3.98. The number of benzene rings is 1. The lowest BCUT2D eigenvalue weighted by Gasteiger charge is -2.09. The van der Waals surface area contributed by atoms with Gasteiger partial charge in [0.2, 0.25) is 5.91 Å². The number of halogens is 2. The summed E-state index contributed by atoms with van der Waals surface area (Å²) in [5, 5.41) is 15.0. The number of carbonyl (C=O) groups is 1. The first-order valence-corrected chi connectivity index (χ1v) is 11.5. The third kappa shape index (κ3) is 4.89. The lowest BCUT2D eigenvalue weighted by molar-refractivity contribution is -0.113. The fraction of sp³-hybridized carbons (Fsp3) is 0.316. The molecule has 0 unspecified atom stereocenters. The van der Waals surface area contributed by atoms with Crippen LogP contribution in [0.3, 0.4) is 0 Å². The van der Waals surface area contributed by atoms with Gasteiger partial charge in [-0.15, -0.1) is 21.5 Å². The van der Waals surface area contributed by atoms with Crippen molar-refractivity contribution >= 4 is 57.9 Å². The Morgan fingerprint density at radius 2 is 2.11 bits per heavy atom. The van der Waals surface area contributed by atoms with Crippen LogP contribution in [0.4, 0.5) is 5.69 Å². The molecule has 0 saturated heterocycles. The minimum atomic E-state index is -0.175. The van der Waals surface area contributed by atoms with E-state index in [1.54, 1.807) is 29.5 Å². The van der Waals surface area contributed by atoms with Gasteiger partial charge in [-0.3, -0.25) is 4.79 Å². The molecule has 0 atom stereocenters.